The van der Waals surface area contributed by atoms with E-state index in [0.29, 0.717) is 0 Å². The zero-order chi connectivity index (χ0) is 25.5. The minimum atomic E-state index is -6.00. The SMILES string of the molecule is F[B-](F)(F)F.F[B-](F)(F)F.O.O.[Cu+2].c1cc(-c2ccncc2)ccn1.c1cc(-c2ccncc2)ccn1. The van der Waals surface area contributed by atoms with Gasteiger partial charge in [0.15, 0.2) is 0 Å². The summed E-state index contributed by atoms with van der Waals surface area (Å²) in [5.74, 6) is 0. The summed E-state index contributed by atoms with van der Waals surface area (Å²) in [5.41, 5.74) is 4.69. The minimum Gasteiger partial charge on any atom is -0.418 e. The van der Waals surface area contributed by atoms with Crippen molar-refractivity contribution in [2.45, 2.75) is 0 Å². The molecule has 1 radical (unpaired) electrons. The smallest absolute Gasteiger partial charge is 0.418 e. The van der Waals surface area contributed by atoms with E-state index in [1.54, 1.807) is 49.6 Å². The second-order valence-corrected chi connectivity index (χ2v) is 5.93. The predicted molar refractivity (Wildman–Crippen MR) is 123 cm³/mol. The number of hydrogen-bond donors (Lipinski definition) is 0. The minimum absolute atomic E-state index is 0. The Morgan fingerprint density at radius 1 is 0.351 bits per heavy atom. The Morgan fingerprint density at radius 3 is 0.568 bits per heavy atom. The van der Waals surface area contributed by atoms with Crippen molar-refractivity contribution in [3.63, 3.8) is 0 Å². The largest absolute Gasteiger partial charge is 2.00 e. The Labute approximate surface area is 217 Å². The summed E-state index contributed by atoms with van der Waals surface area (Å²) in [7, 11) is -12.0. The van der Waals surface area contributed by atoms with Gasteiger partial charge in [-0.1, -0.05) is 0 Å². The maximum absolute atomic E-state index is 9.75. The number of pyridine rings is 4. The molecule has 4 aromatic heterocycles. The van der Waals surface area contributed by atoms with Gasteiger partial charge in [0.25, 0.3) is 0 Å². The summed E-state index contributed by atoms with van der Waals surface area (Å²) in [6.07, 6.45) is 14.3. The Balaban J connectivity index is -0.000000439. The van der Waals surface area contributed by atoms with Crippen molar-refractivity contribution in [1.29, 1.82) is 0 Å². The molecule has 0 saturated heterocycles. The molecule has 17 heteroatoms. The average Bonchev–Trinajstić information content (AvgIpc) is 2.80. The molecule has 0 spiro atoms. The third kappa shape index (κ3) is 22.8. The van der Waals surface area contributed by atoms with Crippen LogP contribution in [-0.2, 0) is 17.1 Å². The normalized spacial score (nSPS) is 9.51. The summed E-state index contributed by atoms with van der Waals surface area (Å²) in [5, 5.41) is 0. The molecule has 0 amide bonds. The second-order valence-electron chi connectivity index (χ2n) is 5.93. The van der Waals surface area contributed by atoms with Gasteiger partial charge in [0.2, 0.25) is 0 Å². The summed E-state index contributed by atoms with van der Waals surface area (Å²) in [6, 6.07) is 15.9. The monoisotopic (exact) mass is 585 g/mol. The third-order valence-electron chi connectivity index (χ3n) is 3.39. The van der Waals surface area contributed by atoms with Crippen LogP contribution in [0.4, 0.5) is 34.5 Å². The van der Waals surface area contributed by atoms with Gasteiger partial charge in [0, 0.05) is 49.6 Å². The molecule has 6 nitrogen and oxygen atoms in total. The maximum Gasteiger partial charge on any atom is 2.00 e. The van der Waals surface area contributed by atoms with Gasteiger partial charge < -0.3 is 45.5 Å². The molecule has 205 valence electrons. The first-order valence-electron chi connectivity index (χ1n) is 9.29. The average molecular weight is 586 g/mol. The summed E-state index contributed by atoms with van der Waals surface area (Å²) >= 11 is 0. The van der Waals surface area contributed by atoms with Crippen LogP contribution in [0.3, 0.4) is 0 Å². The molecular formula is C20H20B2CuF8N4O2. The maximum atomic E-state index is 9.75. The Bertz CT molecular complexity index is 884. The molecule has 0 fully saturated rings. The van der Waals surface area contributed by atoms with Crippen molar-refractivity contribution in [3.8, 4) is 22.3 Å². The number of halogens is 8. The zero-order valence-electron chi connectivity index (χ0n) is 18.5. The fourth-order valence-electron chi connectivity index (χ4n) is 2.18. The Kier molecular flexibility index (Phi) is 20.4. The van der Waals surface area contributed by atoms with Gasteiger partial charge in [-0.15, -0.1) is 0 Å². The molecule has 0 atom stereocenters. The number of aromatic nitrogens is 4. The van der Waals surface area contributed by atoms with Gasteiger partial charge in [-0.25, -0.2) is 0 Å². The van der Waals surface area contributed by atoms with Crippen LogP contribution in [0.2, 0.25) is 0 Å². The van der Waals surface area contributed by atoms with Gasteiger partial charge in [-0.05, 0) is 70.8 Å². The van der Waals surface area contributed by atoms with E-state index >= 15 is 0 Å². The third-order valence-corrected chi connectivity index (χ3v) is 3.39. The molecule has 37 heavy (non-hydrogen) atoms. The van der Waals surface area contributed by atoms with Crippen LogP contribution >= 0.6 is 0 Å². The van der Waals surface area contributed by atoms with Crippen LogP contribution < -0.4 is 0 Å². The van der Waals surface area contributed by atoms with E-state index in [1.165, 1.54) is 22.3 Å². The number of hydrogen-bond acceptors (Lipinski definition) is 4. The Morgan fingerprint density at radius 2 is 0.459 bits per heavy atom. The fraction of sp³-hybridized carbons (Fsp3) is 0. The number of nitrogens with zero attached hydrogens (tertiary/aromatic N) is 4. The molecular weight excluding hydrogens is 565 g/mol. The molecule has 0 bridgehead atoms. The quantitative estimate of drug-likeness (QED) is 0.237. The molecule has 4 rings (SSSR count). The molecule has 0 unspecified atom stereocenters. The van der Waals surface area contributed by atoms with Gasteiger partial charge >= 0.3 is 31.6 Å². The van der Waals surface area contributed by atoms with E-state index in [2.05, 4.69) is 19.9 Å². The van der Waals surface area contributed by atoms with Crippen molar-refractivity contribution in [1.82, 2.24) is 19.9 Å². The van der Waals surface area contributed by atoms with Crippen LogP contribution in [0.15, 0.2) is 98.1 Å². The summed E-state index contributed by atoms with van der Waals surface area (Å²) in [6.45, 7) is 0. The second kappa shape index (κ2) is 19.8. The van der Waals surface area contributed by atoms with Gasteiger partial charge in [0.05, 0.1) is 0 Å². The summed E-state index contributed by atoms with van der Waals surface area (Å²) in [4.78, 5) is 15.8. The topological polar surface area (TPSA) is 115 Å². The van der Waals surface area contributed by atoms with Gasteiger partial charge in [-0.3, -0.25) is 19.9 Å². The van der Waals surface area contributed by atoms with E-state index in [-0.39, 0.29) is 28.0 Å². The molecule has 4 N–H and O–H groups in total. The molecule has 4 heterocycles. The van der Waals surface area contributed by atoms with Crippen molar-refractivity contribution >= 4 is 14.5 Å². The fourth-order valence-corrected chi connectivity index (χ4v) is 2.18. The van der Waals surface area contributed by atoms with E-state index in [9.17, 15) is 34.5 Å². The van der Waals surface area contributed by atoms with E-state index in [0.717, 1.165) is 0 Å². The Hall–Kier alpha value is -3.39. The summed E-state index contributed by atoms with van der Waals surface area (Å²) < 4.78 is 78.0. The van der Waals surface area contributed by atoms with E-state index < -0.39 is 14.5 Å². The van der Waals surface area contributed by atoms with Crippen LogP contribution in [0.1, 0.15) is 0 Å². The van der Waals surface area contributed by atoms with Crippen molar-refractivity contribution < 1.29 is 62.5 Å². The van der Waals surface area contributed by atoms with E-state index in [1.807, 2.05) is 48.5 Å². The van der Waals surface area contributed by atoms with Crippen LogP contribution in [-0.4, -0.2) is 45.4 Å². The first kappa shape index (κ1) is 38.1. The molecule has 0 saturated carbocycles. The van der Waals surface area contributed by atoms with Crippen molar-refractivity contribution in [3.05, 3.63) is 98.1 Å². The molecule has 0 aliphatic carbocycles. The van der Waals surface area contributed by atoms with Crippen molar-refractivity contribution in [2.24, 2.45) is 0 Å². The van der Waals surface area contributed by atoms with Crippen LogP contribution in [0, 0.1) is 0 Å². The first-order valence-corrected chi connectivity index (χ1v) is 9.29. The molecule has 0 aromatic carbocycles. The standard InChI is InChI=1S/2C10H8N2.2BF4.Cu.2H2O/c2*1-5-11-6-2-9(1)10-3-7-12-8-4-10;2*2-1(3,4)5;;;/h2*1-8H;;;;2*1H2/q;;2*-1;+2;;. The van der Waals surface area contributed by atoms with E-state index in [4.69, 9.17) is 0 Å². The zero-order valence-corrected chi connectivity index (χ0v) is 19.4. The molecule has 4 aromatic rings. The van der Waals surface area contributed by atoms with Crippen molar-refractivity contribution in [2.75, 3.05) is 0 Å². The van der Waals surface area contributed by atoms with Gasteiger partial charge in [0.1, 0.15) is 0 Å². The van der Waals surface area contributed by atoms with Crippen LogP contribution in [0.25, 0.3) is 22.3 Å². The van der Waals surface area contributed by atoms with Crippen LogP contribution in [0.5, 0.6) is 0 Å². The number of rotatable bonds is 2. The molecule has 0 aliphatic heterocycles. The first-order chi connectivity index (χ1) is 15.9. The van der Waals surface area contributed by atoms with Gasteiger partial charge in [-0.2, -0.15) is 0 Å². The predicted octanol–water partition coefficient (Wildman–Crippen LogP) is 5.24. The molecule has 0 aliphatic rings.